The van der Waals surface area contributed by atoms with Crippen LogP contribution in [0.1, 0.15) is 25.8 Å². The quantitative estimate of drug-likeness (QED) is 0.837. The van der Waals surface area contributed by atoms with E-state index < -0.39 is 17.8 Å². The highest BCUT2D eigenvalue weighted by Crippen LogP contribution is 2.14. The Morgan fingerprint density at radius 2 is 2.11 bits per heavy atom. The summed E-state index contributed by atoms with van der Waals surface area (Å²) in [6.45, 7) is 4.19. The lowest BCUT2D eigenvalue weighted by Gasteiger charge is -2.16. The van der Waals surface area contributed by atoms with Gasteiger partial charge in [-0.3, -0.25) is 4.79 Å². The average molecular weight is 274 g/mol. The van der Waals surface area contributed by atoms with Crippen LogP contribution in [-0.2, 0) is 11.3 Å². The minimum Gasteiger partial charge on any atom is -0.480 e. The van der Waals surface area contributed by atoms with E-state index in [0.717, 1.165) is 0 Å². The highest BCUT2D eigenvalue weighted by molar-refractivity contribution is 6.30. The minimum atomic E-state index is -0.897. The third kappa shape index (κ3) is 5.02. The maximum absolute atomic E-state index is 13.1. The molecule has 5 heteroatoms. The first-order chi connectivity index (χ1) is 8.38. The Balaban J connectivity index is 2.63. The molecule has 1 rings (SSSR count). The molecule has 0 aliphatic rings. The fourth-order valence-electron chi connectivity index (χ4n) is 1.70. The van der Waals surface area contributed by atoms with Crippen molar-refractivity contribution in [1.29, 1.82) is 0 Å². The van der Waals surface area contributed by atoms with E-state index in [1.807, 2.05) is 13.8 Å². The summed E-state index contributed by atoms with van der Waals surface area (Å²) in [5.74, 6) is -1.05. The van der Waals surface area contributed by atoms with Crippen LogP contribution < -0.4 is 5.32 Å². The van der Waals surface area contributed by atoms with Gasteiger partial charge in [-0.25, -0.2) is 4.39 Å². The summed E-state index contributed by atoms with van der Waals surface area (Å²) < 4.78 is 13.1. The molecular weight excluding hydrogens is 257 g/mol. The van der Waals surface area contributed by atoms with Gasteiger partial charge in [-0.1, -0.05) is 25.4 Å². The molecule has 0 saturated heterocycles. The fraction of sp³-hybridized carbons (Fsp3) is 0.462. The van der Waals surface area contributed by atoms with Crippen molar-refractivity contribution in [2.75, 3.05) is 0 Å². The number of aliphatic carboxylic acids is 1. The summed E-state index contributed by atoms with van der Waals surface area (Å²) in [4.78, 5) is 11.0. The lowest BCUT2D eigenvalue weighted by atomic mass is 10.0. The zero-order chi connectivity index (χ0) is 13.7. The van der Waals surface area contributed by atoms with E-state index in [1.54, 1.807) is 6.07 Å². The number of carbonyl (C=O) groups is 1. The molecule has 0 spiro atoms. The summed E-state index contributed by atoms with van der Waals surface area (Å²) in [7, 11) is 0. The van der Waals surface area contributed by atoms with Crippen LogP contribution in [0.3, 0.4) is 0 Å². The van der Waals surface area contributed by atoms with Gasteiger partial charge < -0.3 is 10.4 Å². The van der Waals surface area contributed by atoms with Gasteiger partial charge in [0.2, 0.25) is 0 Å². The molecular formula is C13H17ClFNO2. The van der Waals surface area contributed by atoms with Crippen LogP contribution in [0.15, 0.2) is 18.2 Å². The Labute approximate surface area is 111 Å². The van der Waals surface area contributed by atoms with E-state index in [9.17, 15) is 9.18 Å². The highest BCUT2D eigenvalue weighted by Gasteiger charge is 2.18. The molecule has 18 heavy (non-hydrogen) atoms. The standard InChI is InChI=1S/C13H17ClFNO2/c1-8(2)3-12(13(17)18)16-7-9-4-10(14)6-11(15)5-9/h4-6,8,12,16H,3,7H2,1-2H3,(H,17,18). The second-order valence-electron chi connectivity index (χ2n) is 4.68. The Kier molecular flexibility index (Phi) is 5.56. The third-order valence-corrected chi connectivity index (χ3v) is 2.70. The van der Waals surface area contributed by atoms with Gasteiger partial charge in [0, 0.05) is 11.6 Å². The monoisotopic (exact) mass is 273 g/mol. The van der Waals surface area contributed by atoms with Crippen molar-refractivity contribution in [2.45, 2.75) is 32.9 Å². The minimum absolute atomic E-state index is 0.273. The Morgan fingerprint density at radius 3 is 2.61 bits per heavy atom. The van der Waals surface area contributed by atoms with Gasteiger partial charge in [-0.2, -0.15) is 0 Å². The fourth-order valence-corrected chi connectivity index (χ4v) is 1.94. The zero-order valence-corrected chi connectivity index (χ0v) is 11.2. The molecule has 1 unspecified atom stereocenters. The van der Waals surface area contributed by atoms with Crippen LogP contribution in [0.4, 0.5) is 4.39 Å². The van der Waals surface area contributed by atoms with Gasteiger partial charge >= 0.3 is 5.97 Å². The van der Waals surface area contributed by atoms with Crippen molar-refractivity contribution in [3.05, 3.63) is 34.6 Å². The molecule has 0 fully saturated rings. The van der Waals surface area contributed by atoms with Crippen LogP contribution in [0.25, 0.3) is 0 Å². The lowest BCUT2D eigenvalue weighted by Crippen LogP contribution is -2.37. The van der Waals surface area contributed by atoms with Crippen molar-refractivity contribution in [2.24, 2.45) is 5.92 Å². The number of carboxylic acids is 1. The summed E-state index contributed by atoms with van der Waals surface area (Å²) >= 11 is 5.73. The molecule has 100 valence electrons. The molecule has 2 N–H and O–H groups in total. The molecule has 1 aromatic carbocycles. The Bertz CT molecular complexity index is 403. The summed E-state index contributed by atoms with van der Waals surface area (Å²) in [5.41, 5.74) is 0.634. The van der Waals surface area contributed by atoms with E-state index in [-0.39, 0.29) is 12.5 Å². The van der Waals surface area contributed by atoms with Crippen LogP contribution in [0, 0.1) is 11.7 Å². The Hall–Kier alpha value is -1.13. The molecule has 0 bridgehead atoms. The molecule has 1 aromatic rings. The normalized spacial score (nSPS) is 12.7. The summed E-state index contributed by atoms with van der Waals surface area (Å²) in [5, 5.41) is 12.3. The average Bonchev–Trinajstić information content (AvgIpc) is 2.21. The highest BCUT2D eigenvalue weighted by atomic mass is 35.5. The number of hydrogen-bond donors (Lipinski definition) is 2. The van der Waals surface area contributed by atoms with Crippen molar-refractivity contribution in [1.82, 2.24) is 5.32 Å². The van der Waals surface area contributed by atoms with Crippen LogP contribution in [0.5, 0.6) is 0 Å². The van der Waals surface area contributed by atoms with E-state index in [4.69, 9.17) is 16.7 Å². The second-order valence-corrected chi connectivity index (χ2v) is 5.12. The van der Waals surface area contributed by atoms with Gasteiger partial charge in [-0.05, 0) is 36.1 Å². The van der Waals surface area contributed by atoms with Gasteiger partial charge in [-0.15, -0.1) is 0 Å². The first-order valence-electron chi connectivity index (χ1n) is 5.79. The molecule has 1 atom stereocenters. The molecule has 0 radical (unpaired) electrons. The van der Waals surface area contributed by atoms with E-state index in [1.165, 1.54) is 12.1 Å². The number of rotatable bonds is 6. The second kappa shape index (κ2) is 6.71. The maximum Gasteiger partial charge on any atom is 0.320 e. The molecule has 0 amide bonds. The molecule has 0 saturated carbocycles. The zero-order valence-electron chi connectivity index (χ0n) is 10.4. The number of hydrogen-bond acceptors (Lipinski definition) is 2. The van der Waals surface area contributed by atoms with Crippen molar-refractivity contribution in [3.63, 3.8) is 0 Å². The van der Waals surface area contributed by atoms with Crippen LogP contribution >= 0.6 is 11.6 Å². The summed E-state index contributed by atoms with van der Waals surface area (Å²) in [6, 6.07) is 3.54. The molecule has 0 heterocycles. The largest absolute Gasteiger partial charge is 0.480 e. The van der Waals surface area contributed by atoms with Crippen molar-refractivity contribution in [3.8, 4) is 0 Å². The third-order valence-electron chi connectivity index (χ3n) is 2.48. The van der Waals surface area contributed by atoms with Gasteiger partial charge in [0.25, 0.3) is 0 Å². The number of carboxylic acid groups (broad SMARTS) is 1. The lowest BCUT2D eigenvalue weighted by molar-refractivity contribution is -0.140. The Morgan fingerprint density at radius 1 is 1.44 bits per heavy atom. The smallest absolute Gasteiger partial charge is 0.320 e. The summed E-state index contributed by atoms with van der Waals surface area (Å²) in [6.07, 6.45) is 0.526. The van der Waals surface area contributed by atoms with Crippen LogP contribution in [-0.4, -0.2) is 17.1 Å². The van der Waals surface area contributed by atoms with E-state index >= 15 is 0 Å². The van der Waals surface area contributed by atoms with Crippen molar-refractivity contribution >= 4 is 17.6 Å². The van der Waals surface area contributed by atoms with Gasteiger partial charge in [0.15, 0.2) is 0 Å². The van der Waals surface area contributed by atoms with Crippen LogP contribution in [0.2, 0.25) is 5.02 Å². The number of nitrogens with one attached hydrogen (secondary N) is 1. The van der Waals surface area contributed by atoms with E-state index in [2.05, 4.69) is 5.32 Å². The predicted molar refractivity (Wildman–Crippen MR) is 69.1 cm³/mol. The van der Waals surface area contributed by atoms with Gasteiger partial charge in [0.05, 0.1) is 0 Å². The molecule has 0 aliphatic carbocycles. The van der Waals surface area contributed by atoms with E-state index in [0.29, 0.717) is 17.0 Å². The number of benzene rings is 1. The molecule has 0 aliphatic heterocycles. The van der Waals surface area contributed by atoms with Crippen molar-refractivity contribution < 1.29 is 14.3 Å². The molecule has 0 aromatic heterocycles. The first kappa shape index (κ1) is 14.9. The topological polar surface area (TPSA) is 49.3 Å². The SMILES string of the molecule is CC(C)CC(NCc1cc(F)cc(Cl)c1)C(=O)O. The predicted octanol–water partition coefficient (Wildman–Crippen LogP) is 3.07. The maximum atomic E-state index is 13.1. The molecule has 3 nitrogen and oxygen atoms in total. The number of halogens is 2. The first-order valence-corrected chi connectivity index (χ1v) is 6.17. The van der Waals surface area contributed by atoms with Gasteiger partial charge in [0.1, 0.15) is 11.9 Å².